The van der Waals surface area contributed by atoms with E-state index < -0.39 is 11.7 Å². The minimum Gasteiger partial charge on any atom is -0.322 e. The first-order chi connectivity index (χ1) is 11.9. The number of aryl methyl sites for hydroxylation is 2. The molecule has 0 saturated carbocycles. The van der Waals surface area contributed by atoms with Crippen LogP contribution in [0.5, 0.6) is 0 Å². The van der Waals surface area contributed by atoms with Gasteiger partial charge in [0.15, 0.2) is 5.82 Å². The molecule has 25 heavy (non-hydrogen) atoms. The predicted octanol–water partition coefficient (Wildman–Crippen LogP) is 1.22. The maximum absolute atomic E-state index is 14.0. The van der Waals surface area contributed by atoms with Gasteiger partial charge in [-0.3, -0.25) is 9.59 Å². The van der Waals surface area contributed by atoms with Crippen LogP contribution in [0.25, 0.3) is 5.69 Å². The van der Waals surface area contributed by atoms with Crippen molar-refractivity contribution in [2.45, 2.75) is 20.4 Å². The van der Waals surface area contributed by atoms with E-state index in [9.17, 15) is 14.0 Å². The van der Waals surface area contributed by atoms with Gasteiger partial charge in [-0.05, 0) is 54.1 Å². The van der Waals surface area contributed by atoms with Crippen molar-refractivity contribution in [3.8, 4) is 5.69 Å². The third-order valence-electron chi connectivity index (χ3n) is 3.56. The van der Waals surface area contributed by atoms with Crippen LogP contribution in [0.2, 0.25) is 0 Å². The molecule has 0 saturated heterocycles. The highest BCUT2D eigenvalue weighted by molar-refractivity contribution is 5.91. The molecule has 0 unspecified atom stereocenters. The summed E-state index contributed by atoms with van der Waals surface area (Å²) in [5.74, 6) is -0.593. The quantitative estimate of drug-likeness (QED) is 0.769. The van der Waals surface area contributed by atoms with Crippen molar-refractivity contribution in [3.63, 3.8) is 0 Å². The van der Waals surface area contributed by atoms with Crippen LogP contribution in [0.3, 0.4) is 0 Å². The lowest BCUT2D eigenvalue weighted by Crippen LogP contribution is -2.27. The molecule has 2 heterocycles. The second kappa shape index (κ2) is 6.63. The van der Waals surface area contributed by atoms with Crippen molar-refractivity contribution in [2.24, 2.45) is 0 Å². The van der Waals surface area contributed by atoms with E-state index in [1.807, 2.05) is 0 Å². The molecule has 0 aliphatic rings. The molecule has 8 nitrogen and oxygen atoms in total. The number of carbonyl (C=O) groups is 1. The number of nitrogens with zero attached hydrogens (tertiary/aromatic N) is 5. The van der Waals surface area contributed by atoms with E-state index >= 15 is 0 Å². The molecule has 128 valence electrons. The first-order valence-corrected chi connectivity index (χ1v) is 7.46. The number of aromatic nitrogens is 5. The van der Waals surface area contributed by atoms with Gasteiger partial charge in [0.2, 0.25) is 5.91 Å². The summed E-state index contributed by atoms with van der Waals surface area (Å²) in [6.07, 6.45) is 1.52. The summed E-state index contributed by atoms with van der Waals surface area (Å²) in [6.45, 7) is 3.27. The van der Waals surface area contributed by atoms with Crippen LogP contribution >= 0.6 is 0 Å². The Balaban J connectivity index is 1.81. The van der Waals surface area contributed by atoms with Crippen molar-refractivity contribution < 1.29 is 9.18 Å². The van der Waals surface area contributed by atoms with Gasteiger partial charge in [0.25, 0.3) is 5.56 Å². The fourth-order valence-electron chi connectivity index (χ4n) is 2.29. The van der Waals surface area contributed by atoms with E-state index in [1.54, 1.807) is 19.9 Å². The fraction of sp³-hybridized carbons (Fsp3) is 0.188. The molecule has 0 fully saturated rings. The Kier molecular flexibility index (Phi) is 4.38. The molecule has 9 heteroatoms. The standard InChI is InChI=1S/C16H15FN6O2/c1-10-5-6-22(16(25)7-10)9-15(24)18-14-8-12(3-4-13(14)17)23-11(2)19-20-21-23/h3-8H,9H2,1-2H3,(H,18,24). The van der Waals surface area contributed by atoms with E-state index in [4.69, 9.17) is 0 Å². The molecule has 0 bridgehead atoms. The maximum Gasteiger partial charge on any atom is 0.251 e. The van der Waals surface area contributed by atoms with E-state index in [2.05, 4.69) is 20.8 Å². The molecule has 1 aromatic carbocycles. The average molecular weight is 342 g/mol. The topological polar surface area (TPSA) is 94.7 Å². The smallest absolute Gasteiger partial charge is 0.251 e. The Morgan fingerprint density at radius 1 is 1.24 bits per heavy atom. The summed E-state index contributed by atoms with van der Waals surface area (Å²) in [5.41, 5.74) is 0.996. The first-order valence-electron chi connectivity index (χ1n) is 7.46. The first kappa shape index (κ1) is 16.5. The summed E-state index contributed by atoms with van der Waals surface area (Å²) < 4.78 is 16.7. The Morgan fingerprint density at radius 3 is 2.72 bits per heavy atom. The van der Waals surface area contributed by atoms with Gasteiger partial charge >= 0.3 is 0 Å². The molecule has 1 N–H and O–H groups in total. The Hall–Kier alpha value is -3.36. The highest BCUT2D eigenvalue weighted by Crippen LogP contribution is 2.19. The Morgan fingerprint density at radius 2 is 2.04 bits per heavy atom. The molecule has 0 aliphatic carbocycles. The van der Waals surface area contributed by atoms with Crippen LogP contribution < -0.4 is 10.9 Å². The number of halogens is 1. The zero-order chi connectivity index (χ0) is 18.0. The van der Waals surface area contributed by atoms with Crippen LogP contribution in [-0.2, 0) is 11.3 Å². The van der Waals surface area contributed by atoms with Crippen LogP contribution in [0.1, 0.15) is 11.4 Å². The maximum atomic E-state index is 14.0. The molecule has 3 rings (SSSR count). The van der Waals surface area contributed by atoms with Crippen molar-refractivity contribution in [1.82, 2.24) is 24.8 Å². The number of anilines is 1. The monoisotopic (exact) mass is 342 g/mol. The molecule has 0 atom stereocenters. The van der Waals surface area contributed by atoms with E-state index in [-0.39, 0.29) is 17.8 Å². The van der Waals surface area contributed by atoms with Crippen molar-refractivity contribution in [3.05, 3.63) is 64.1 Å². The van der Waals surface area contributed by atoms with E-state index in [1.165, 1.54) is 39.7 Å². The highest BCUT2D eigenvalue weighted by Gasteiger charge is 2.12. The van der Waals surface area contributed by atoms with Crippen LogP contribution in [-0.4, -0.2) is 30.7 Å². The molecule has 0 spiro atoms. The van der Waals surface area contributed by atoms with Crippen molar-refractivity contribution in [2.75, 3.05) is 5.32 Å². The van der Waals surface area contributed by atoms with Gasteiger partial charge in [-0.25, -0.2) is 4.39 Å². The second-order valence-corrected chi connectivity index (χ2v) is 5.52. The number of tetrazole rings is 1. The molecular weight excluding hydrogens is 327 g/mol. The number of pyridine rings is 1. The summed E-state index contributed by atoms with van der Waals surface area (Å²) in [5, 5.41) is 13.6. The number of benzene rings is 1. The summed E-state index contributed by atoms with van der Waals surface area (Å²) >= 11 is 0. The minimum absolute atomic E-state index is 0.0161. The number of nitrogens with one attached hydrogen (secondary N) is 1. The molecule has 0 aliphatic heterocycles. The van der Waals surface area contributed by atoms with Gasteiger partial charge in [0.1, 0.15) is 12.4 Å². The second-order valence-electron chi connectivity index (χ2n) is 5.52. The highest BCUT2D eigenvalue weighted by atomic mass is 19.1. The van der Waals surface area contributed by atoms with E-state index in [0.29, 0.717) is 11.5 Å². The van der Waals surface area contributed by atoms with Crippen LogP contribution in [0.15, 0.2) is 41.3 Å². The average Bonchev–Trinajstić information content (AvgIpc) is 2.98. The number of carbonyl (C=O) groups excluding carboxylic acids is 1. The van der Waals surface area contributed by atoms with Gasteiger partial charge in [0.05, 0.1) is 11.4 Å². The third-order valence-corrected chi connectivity index (χ3v) is 3.56. The number of rotatable bonds is 4. The van der Waals surface area contributed by atoms with Gasteiger partial charge < -0.3 is 9.88 Å². The zero-order valence-electron chi connectivity index (χ0n) is 13.6. The van der Waals surface area contributed by atoms with Gasteiger partial charge in [-0.1, -0.05) is 0 Å². The lowest BCUT2D eigenvalue weighted by Gasteiger charge is -2.10. The van der Waals surface area contributed by atoms with E-state index in [0.717, 1.165) is 5.56 Å². The minimum atomic E-state index is -0.598. The van der Waals surface area contributed by atoms with Gasteiger partial charge in [-0.15, -0.1) is 5.10 Å². The summed E-state index contributed by atoms with van der Waals surface area (Å²) in [6, 6.07) is 7.28. The number of hydrogen-bond acceptors (Lipinski definition) is 5. The molecule has 0 radical (unpaired) electrons. The molecule has 1 amide bonds. The van der Waals surface area contributed by atoms with Gasteiger partial charge in [-0.2, -0.15) is 4.68 Å². The number of amides is 1. The summed E-state index contributed by atoms with van der Waals surface area (Å²) in [7, 11) is 0. The van der Waals surface area contributed by atoms with Crippen LogP contribution in [0, 0.1) is 19.7 Å². The third kappa shape index (κ3) is 3.60. The predicted molar refractivity (Wildman–Crippen MR) is 87.9 cm³/mol. The normalized spacial score (nSPS) is 10.7. The van der Waals surface area contributed by atoms with Crippen molar-refractivity contribution >= 4 is 11.6 Å². The largest absolute Gasteiger partial charge is 0.322 e. The van der Waals surface area contributed by atoms with Crippen LogP contribution in [0.4, 0.5) is 10.1 Å². The molecule has 3 aromatic rings. The lowest BCUT2D eigenvalue weighted by atomic mass is 10.2. The summed E-state index contributed by atoms with van der Waals surface area (Å²) in [4.78, 5) is 24.0. The van der Waals surface area contributed by atoms with Gasteiger partial charge in [0, 0.05) is 12.3 Å². The number of hydrogen-bond donors (Lipinski definition) is 1. The lowest BCUT2D eigenvalue weighted by molar-refractivity contribution is -0.116. The Bertz CT molecular complexity index is 994. The Labute approximate surface area is 141 Å². The molecular formula is C16H15FN6O2. The molecule has 2 aromatic heterocycles. The van der Waals surface area contributed by atoms with Crippen molar-refractivity contribution in [1.29, 1.82) is 0 Å². The fourth-order valence-corrected chi connectivity index (χ4v) is 2.29. The zero-order valence-corrected chi connectivity index (χ0v) is 13.6. The SMILES string of the molecule is Cc1ccn(CC(=O)Nc2cc(-n3nnnc3C)ccc2F)c(=O)c1.